The molecule has 0 radical (unpaired) electrons. The van der Waals surface area contributed by atoms with Gasteiger partial charge in [-0.15, -0.1) is 0 Å². The van der Waals surface area contributed by atoms with Gasteiger partial charge in [0, 0.05) is 30.2 Å². The third-order valence-electron chi connectivity index (χ3n) is 8.49. The van der Waals surface area contributed by atoms with Gasteiger partial charge in [0.05, 0.1) is 63.6 Å². The minimum Gasteiger partial charge on any atom is -0.496 e. The Hall–Kier alpha value is -4.49. The van der Waals surface area contributed by atoms with E-state index in [4.69, 9.17) is 37.9 Å². The average molecular weight is 737 g/mol. The van der Waals surface area contributed by atoms with E-state index < -0.39 is 67.0 Å². The summed E-state index contributed by atoms with van der Waals surface area (Å²) in [6.45, 7) is 1.65. The van der Waals surface area contributed by atoms with Crippen molar-refractivity contribution in [2.24, 2.45) is 0 Å². The van der Waals surface area contributed by atoms with E-state index in [0.717, 1.165) is 0 Å². The van der Waals surface area contributed by atoms with E-state index in [1.54, 1.807) is 31.2 Å². The van der Waals surface area contributed by atoms with E-state index >= 15 is 17.6 Å². The molecule has 1 fully saturated rings. The fourth-order valence-corrected chi connectivity index (χ4v) is 6.81. The molecule has 15 heteroatoms. The van der Waals surface area contributed by atoms with Crippen LogP contribution in [-0.4, -0.2) is 61.3 Å². The minimum atomic E-state index is -2.37. The second kappa shape index (κ2) is 15.8. The minimum absolute atomic E-state index is 0.0429. The number of hydrogen-bond donors (Lipinski definition) is 0. The Bertz CT molecular complexity index is 1880. The van der Waals surface area contributed by atoms with Gasteiger partial charge in [-0.05, 0) is 43.2 Å². The Balaban J connectivity index is 2.16. The van der Waals surface area contributed by atoms with Crippen LogP contribution >= 0.6 is 8.46 Å². The topological polar surface area (TPSA) is 90.9 Å². The van der Waals surface area contributed by atoms with Crippen molar-refractivity contribution >= 4 is 13.8 Å². The van der Waals surface area contributed by atoms with Gasteiger partial charge in [-0.2, -0.15) is 0 Å². The summed E-state index contributed by atoms with van der Waals surface area (Å²) in [6.07, 6.45) is 0.0188. The summed E-state index contributed by atoms with van der Waals surface area (Å²) >= 11 is 0. The molecule has 4 aromatic rings. The van der Waals surface area contributed by atoms with Gasteiger partial charge in [0.15, 0.2) is 44.3 Å². The van der Waals surface area contributed by atoms with Crippen LogP contribution in [0.3, 0.4) is 0 Å². The van der Waals surface area contributed by atoms with Crippen molar-refractivity contribution in [3.05, 3.63) is 71.0 Å². The molecule has 1 saturated heterocycles. The number of methoxy groups -OCH3 is 5. The van der Waals surface area contributed by atoms with Crippen molar-refractivity contribution in [3.63, 3.8) is 0 Å². The van der Waals surface area contributed by atoms with Crippen molar-refractivity contribution in [1.29, 1.82) is 0 Å². The number of ether oxygens (including phenoxy) is 8. The first-order valence-electron chi connectivity index (χ1n) is 15.4. The molecule has 0 spiro atoms. The molecule has 0 amide bonds. The zero-order valence-electron chi connectivity index (χ0n) is 28.5. The van der Waals surface area contributed by atoms with Gasteiger partial charge in [-0.1, -0.05) is 12.1 Å². The zero-order chi connectivity index (χ0) is 37.0. The Labute approximate surface area is 292 Å². The van der Waals surface area contributed by atoms with Crippen molar-refractivity contribution in [2.45, 2.75) is 25.6 Å². The molecule has 0 saturated carbocycles. The second-order valence-electron chi connectivity index (χ2n) is 11.3. The second-order valence-corrected chi connectivity index (χ2v) is 11.9. The SMILES string of the molecule is COCOc1c(P=O)c(-c2c(OC)cccc2OC)c(CCC2(C)OCCO2)c(-c2c(OC)cccc2OC)c1-c1c(F)c(F)c(F)c(F)c1F. The van der Waals surface area contributed by atoms with Crippen LogP contribution in [0.4, 0.5) is 22.0 Å². The van der Waals surface area contributed by atoms with Gasteiger partial charge in [-0.3, -0.25) is 4.57 Å². The third-order valence-corrected chi connectivity index (χ3v) is 9.10. The first-order valence-corrected chi connectivity index (χ1v) is 16.2. The summed E-state index contributed by atoms with van der Waals surface area (Å²) < 4.78 is 136. The largest absolute Gasteiger partial charge is 0.496 e. The molecule has 0 aliphatic carbocycles. The smallest absolute Gasteiger partial charge is 0.200 e. The van der Waals surface area contributed by atoms with Crippen molar-refractivity contribution in [2.75, 3.05) is 55.6 Å². The Morgan fingerprint density at radius 1 is 0.647 bits per heavy atom. The van der Waals surface area contributed by atoms with Crippen molar-refractivity contribution < 1.29 is 64.4 Å². The standard InChI is InChI=1S/C36H34F5O9P/c1-36(49-15-16-50-36)14-13-18-23(25-19(44-3)9-7-10-20(25)45-4)27(28-29(37)31(39)33(41)32(40)30(28)38)34(48-17-43-2)35(51-42)24(18)26-21(46-5)11-8-12-22(26)47-6/h7-12H,13-17H2,1-6H3. The van der Waals surface area contributed by atoms with Crippen LogP contribution < -0.4 is 29.0 Å². The lowest BCUT2D eigenvalue weighted by Crippen LogP contribution is -2.27. The van der Waals surface area contributed by atoms with Crippen LogP contribution in [0.2, 0.25) is 0 Å². The highest BCUT2D eigenvalue weighted by molar-refractivity contribution is 7.35. The van der Waals surface area contributed by atoms with E-state index in [1.165, 1.54) is 47.7 Å². The average Bonchev–Trinajstić information content (AvgIpc) is 3.59. The van der Waals surface area contributed by atoms with Crippen molar-refractivity contribution in [1.82, 2.24) is 0 Å². The maximum Gasteiger partial charge on any atom is 0.200 e. The zero-order valence-corrected chi connectivity index (χ0v) is 29.4. The highest BCUT2D eigenvalue weighted by atomic mass is 31.1. The van der Waals surface area contributed by atoms with Gasteiger partial charge < -0.3 is 37.9 Å². The highest BCUT2D eigenvalue weighted by Gasteiger charge is 2.39. The summed E-state index contributed by atoms with van der Waals surface area (Å²) in [6, 6.07) is 9.48. The first kappa shape index (κ1) is 37.8. The molecule has 1 aliphatic heterocycles. The Morgan fingerprint density at radius 3 is 1.53 bits per heavy atom. The van der Waals surface area contributed by atoms with Gasteiger partial charge in [0.1, 0.15) is 28.7 Å². The summed E-state index contributed by atoms with van der Waals surface area (Å²) in [5, 5.41) is -0.250. The number of hydrogen-bond acceptors (Lipinski definition) is 9. The van der Waals surface area contributed by atoms with Crippen LogP contribution in [0.25, 0.3) is 33.4 Å². The molecule has 1 aliphatic rings. The van der Waals surface area contributed by atoms with Gasteiger partial charge in [0.25, 0.3) is 0 Å². The predicted octanol–water partition coefficient (Wildman–Crippen LogP) is 8.01. The maximum atomic E-state index is 16.1. The number of rotatable bonds is 14. The first-order chi connectivity index (χ1) is 24.5. The molecule has 51 heavy (non-hydrogen) atoms. The molecule has 0 N–H and O–H groups in total. The normalized spacial score (nSPS) is 13.8. The third kappa shape index (κ3) is 6.81. The predicted molar refractivity (Wildman–Crippen MR) is 177 cm³/mol. The van der Waals surface area contributed by atoms with Gasteiger partial charge in [0.2, 0.25) is 5.82 Å². The lowest BCUT2D eigenvalue weighted by atomic mass is 9.81. The molecule has 4 aromatic carbocycles. The van der Waals surface area contributed by atoms with E-state index in [2.05, 4.69) is 0 Å². The lowest BCUT2D eigenvalue weighted by molar-refractivity contribution is -0.146. The highest BCUT2D eigenvalue weighted by Crippen LogP contribution is 2.55. The van der Waals surface area contributed by atoms with Crippen molar-refractivity contribution in [3.8, 4) is 62.1 Å². The Morgan fingerprint density at radius 2 is 1.10 bits per heavy atom. The molecular formula is C36H34F5O9P. The summed E-state index contributed by atoms with van der Waals surface area (Å²) in [4.78, 5) is 0. The summed E-state index contributed by atoms with van der Waals surface area (Å²) in [7, 11) is 5.90. The number of benzene rings is 4. The molecule has 0 bridgehead atoms. The molecule has 272 valence electrons. The van der Waals surface area contributed by atoms with Crippen LogP contribution in [0.1, 0.15) is 18.9 Å². The van der Waals surface area contributed by atoms with E-state index in [-0.39, 0.29) is 82.2 Å². The van der Waals surface area contributed by atoms with Gasteiger partial charge in [-0.25, -0.2) is 22.0 Å². The molecular weight excluding hydrogens is 702 g/mol. The van der Waals surface area contributed by atoms with E-state index in [1.807, 2.05) is 0 Å². The summed E-state index contributed by atoms with van der Waals surface area (Å²) in [5.74, 6) is -12.2. The monoisotopic (exact) mass is 736 g/mol. The molecule has 0 atom stereocenters. The van der Waals surface area contributed by atoms with Crippen LogP contribution in [0, 0.1) is 29.1 Å². The van der Waals surface area contributed by atoms with Gasteiger partial charge >= 0.3 is 0 Å². The van der Waals surface area contributed by atoms with E-state index in [0.29, 0.717) is 0 Å². The number of halogens is 5. The quantitative estimate of drug-likeness (QED) is 0.0420. The van der Waals surface area contributed by atoms with Crippen LogP contribution in [0.5, 0.6) is 28.7 Å². The Kier molecular flexibility index (Phi) is 11.7. The fraction of sp³-hybridized carbons (Fsp3) is 0.333. The molecule has 9 nitrogen and oxygen atoms in total. The fourth-order valence-electron chi connectivity index (χ4n) is 6.22. The summed E-state index contributed by atoms with van der Waals surface area (Å²) in [5.41, 5.74) is -1.57. The molecule has 0 aromatic heterocycles. The van der Waals surface area contributed by atoms with E-state index in [9.17, 15) is 8.96 Å². The maximum absolute atomic E-state index is 16.1. The molecule has 5 rings (SSSR count). The molecule has 1 heterocycles. The lowest BCUT2D eigenvalue weighted by Gasteiger charge is -2.29. The van der Waals surface area contributed by atoms with Crippen LogP contribution in [-0.2, 0) is 25.2 Å². The van der Waals surface area contributed by atoms with Crippen LogP contribution in [0.15, 0.2) is 36.4 Å². The molecule has 0 unspecified atom stereocenters.